The van der Waals surface area contributed by atoms with E-state index in [4.69, 9.17) is 9.47 Å². The van der Waals surface area contributed by atoms with Crippen LogP contribution in [0.4, 0.5) is 0 Å². The zero-order chi connectivity index (χ0) is 16.2. The molecule has 1 fully saturated rings. The third-order valence-electron chi connectivity index (χ3n) is 4.47. The molecule has 2 aliphatic heterocycles. The number of carbonyl (C=O) groups excluding carboxylic acids is 2. The number of likely N-dealkylation sites (tertiary alicyclic amines) is 1. The summed E-state index contributed by atoms with van der Waals surface area (Å²) in [6, 6.07) is 3.41. The number of fused-ring (bicyclic) bond motifs is 1. The summed E-state index contributed by atoms with van der Waals surface area (Å²) in [5.74, 6) is 0.814. The molecule has 0 aromatic heterocycles. The van der Waals surface area contributed by atoms with Gasteiger partial charge >= 0.3 is 0 Å². The highest BCUT2D eigenvalue weighted by Crippen LogP contribution is 2.36. The lowest BCUT2D eigenvalue weighted by atomic mass is 9.98. The van der Waals surface area contributed by atoms with E-state index in [1.807, 2.05) is 0 Å². The first-order valence-corrected chi connectivity index (χ1v) is 8.36. The van der Waals surface area contributed by atoms with Crippen molar-refractivity contribution in [3.05, 3.63) is 23.3 Å². The van der Waals surface area contributed by atoms with Crippen molar-refractivity contribution in [2.24, 2.45) is 0 Å². The van der Waals surface area contributed by atoms with Crippen LogP contribution in [0, 0.1) is 0 Å². The lowest BCUT2D eigenvalue weighted by Crippen LogP contribution is -2.33. The van der Waals surface area contributed by atoms with Crippen LogP contribution in [0.3, 0.4) is 0 Å². The van der Waals surface area contributed by atoms with Crippen LogP contribution in [0.25, 0.3) is 0 Å². The summed E-state index contributed by atoms with van der Waals surface area (Å²) < 4.78 is 11.4. The van der Waals surface area contributed by atoms with Crippen molar-refractivity contribution >= 4 is 11.6 Å². The van der Waals surface area contributed by atoms with Gasteiger partial charge in [0.1, 0.15) is 23.7 Å². The van der Waals surface area contributed by atoms with Crippen molar-refractivity contribution in [2.75, 3.05) is 32.8 Å². The molecule has 5 heteroatoms. The molecule has 2 heterocycles. The fraction of sp³-hybridized carbons (Fsp3) is 0.556. The number of hydrogen-bond acceptors (Lipinski definition) is 5. The first kappa shape index (κ1) is 16.0. The average Bonchev–Trinajstić information content (AvgIpc) is 2.55. The Morgan fingerprint density at radius 1 is 1.26 bits per heavy atom. The first-order valence-electron chi connectivity index (χ1n) is 8.36. The molecule has 5 nitrogen and oxygen atoms in total. The van der Waals surface area contributed by atoms with Gasteiger partial charge in [0.05, 0.1) is 12.2 Å². The fourth-order valence-corrected chi connectivity index (χ4v) is 3.21. The number of nitrogens with zero attached hydrogens (tertiary/aromatic N) is 1. The van der Waals surface area contributed by atoms with Crippen LogP contribution >= 0.6 is 0 Å². The molecule has 0 saturated carbocycles. The lowest BCUT2D eigenvalue weighted by Gasteiger charge is -2.27. The number of Topliss-reactive ketones (excluding diaryl/α,β-unsaturated/α-hetero) is 2. The SMILES string of the molecule is CC(=O)c1ccc(OCCN2CCCCC2)c2c1OCCC2=O. The molecule has 0 unspecified atom stereocenters. The minimum Gasteiger partial charge on any atom is -0.491 e. The molecule has 1 aromatic rings. The third-order valence-corrected chi connectivity index (χ3v) is 4.47. The Labute approximate surface area is 136 Å². The summed E-state index contributed by atoms with van der Waals surface area (Å²) in [6.07, 6.45) is 4.13. The zero-order valence-electron chi connectivity index (χ0n) is 13.6. The Hall–Kier alpha value is -1.88. The molecular formula is C18H23NO4. The van der Waals surface area contributed by atoms with Crippen LogP contribution in [0.5, 0.6) is 11.5 Å². The number of piperidine rings is 1. The second-order valence-electron chi connectivity index (χ2n) is 6.14. The maximum absolute atomic E-state index is 12.3. The van der Waals surface area contributed by atoms with Crippen molar-refractivity contribution in [3.63, 3.8) is 0 Å². The maximum atomic E-state index is 12.3. The smallest absolute Gasteiger partial charge is 0.173 e. The Kier molecular flexibility index (Phi) is 4.96. The molecule has 0 radical (unpaired) electrons. The van der Waals surface area contributed by atoms with Gasteiger partial charge in [0.25, 0.3) is 0 Å². The molecule has 23 heavy (non-hydrogen) atoms. The van der Waals surface area contributed by atoms with E-state index in [1.165, 1.54) is 26.2 Å². The van der Waals surface area contributed by atoms with E-state index < -0.39 is 0 Å². The van der Waals surface area contributed by atoms with E-state index in [1.54, 1.807) is 12.1 Å². The Morgan fingerprint density at radius 3 is 2.78 bits per heavy atom. The molecule has 0 N–H and O–H groups in total. The van der Waals surface area contributed by atoms with Crippen LogP contribution < -0.4 is 9.47 Å². The van der Waals surface area contributed by atoms with Crippen LogP contribution in [0.2, 0.25) is 0 Å². The molecule has 0 amide bonds. The molecule has 1 aromatic carbocycles. The van der Waals surface area contributed by atoms with Gasteiger partial charge in [0.2, 0.25) is 0 Å². The van der Waals surface area contributed by atoms with E-state index >= 15 is 0 Å². The van der Waals surface area contributed by atoms with Crippen LogP contribution in [-0.2, 0) is 0 Å². The standard InChI is InChI=1S/C18H23NO4/c1-13(20)14-5-6-16(17-15(21)7-11-23-18(14)17)22-12-10-19-8-3-2-4-9-19/h5-6H,2-4,7-12H2,1H3. The van der Waals surface area contributed by atoms with Crippen molar-refractivity contribution in [1.29, 1.82) is 0 Å². The van der Waals surface area contributed by atoms with E-state index in [2.05, 4.69) is 4.90 Å². The number of hydrogen-bond donors (Lipinski definition) is 0. The number of ether oxygens (including phenoxy) is 2. The van der Waals surface area contributed by atoms with Gasteiger partial charge in [-0.05, 0) is 45.0 Å². The van der Waals surface area contributed by atoms with Gasteiger partial charge in [0, 0.05) is 13.0 Å². The predicted molar refractivity (Wildman–Crippen MR) is 86.7 cm³/mol. The largest absolute Gasteiger partial charge is 0.491 e. The number of ketones is 2. The minimum absolute atomic E-state index is 0.0117. The van der Waals surface area contributed by atoms with Gasteiger partial charge in [-0.3, -0.25) is 14.5 Å². The maximum Gasteiger partial charge on any atom is 0.173 e. The highest BCUT2D eigenvalue weighted by molar-refractivity contribution is 6.07. The molecule has 2 aliphatic rings. The quantitative estimate of drug-likeness (QED) is 0.782. The topological polar surface area (TPSA) is 55.8 Å². The monoisotopic (exact) mass is 317 g/mol. The van der Waals surface area contributed by atoms with E-state index in [-0.39, 0.29) is 11.6 Å². The molecule has 0 spiro atoms. The fourth-order valence-electron chi connectivity index (χ4n) is 3.21. The number of carbonyl (C=O) groups is 2. The van der Waals surface area contributed by atoms with Gasteiger partial charge in [-0.15, -0.1) is 0 Å². The van der Waals surface area contributed by atoms with Gasteiger partial charge in [0.15, 0.2) is 11.6 Å². The van der Waals surface area contributed by atoms with Crippen molar-refractivity contribution in [3.8, 4) is 11.5 Å². The predicted octanol–water partition coefficient (Wildman–Crippen LogP) is 2.72. The van der Waals surface area contributed by atoms with Gasteiger partial charge in [-0.25, -0.2) is 0 Å². The molecular weight excluding hydrogens is 294 g/mol. The van der Waals surface area contributed by atoms with E-state index in [0.717, 1.165) is 19.6 Å². The summed E-state index contributed by atoms with van der Waals surface area (Å²) in [6.45, 7) is 5.44. The molecule has 3 rings (SSSR count). The molecule has 0 bridgehead atoms. The average molecular weight is 317 g/mol. The van der Waals surface area contributed by atoms with Gasteiger partial charge in [-0.1, -0.05) is 6.42 Å². The second kappa shape index (κ2) is 7.13. The summed E-state index contributed by atoms with van der Waals surface area (Å²) in [5, 5.41) is 0. The van der Waals surface area contributed by atoms with E-state index in [0.29, 0.717) is 42.3 Å². The number of rotatable bonds is 5. The normalized spacial score (nSPS) is 18.2. The Balaban J connectivity index is 1.74. The summed E-state index contributed by atoms with van der Waals surface area (Å²) in [7, 11) is 0. The highest BCUT2D eigenvalue weighted by atomic mass is 16.5. The Bertz CT molecular complexity index is 605. The molecule has 1 saturated heterocycles. The molecule has 0 aliphatic carbocycles. The second-order valence-corrected chi connectivity index (χ2v) is 6.14. The van der Waals surface area contributed by atoms with Gasteiger partial charge in [-0.2, -0.15) is 0 Å². The van der Waals surface area contributed by atoms with Crippen LogP contribution in [0.15, 0.2) is 12.1 Å². The number of benzene rings is 1. The molecule has 0 atom stereocenters. The Morgan fingerprint density at radius 2 is 2.04 bits per heavy atom. The van der Waals surface area contributed by atoms with Crippen molar-refractivity contribution < 1.29 is 19.1 Å². The zero-order valence-corrected chi connectivity index (χ0v) is 13.6. The first-order chi connectivity index (χ1) is 11.2. The van der Waals surface area contributed by atoms with Gasteiger partial charge < -0.3 is 9.47 Å². The van der Waals surface area contributed by atoms with Crippen molar-refractivity contribution in [1.82, 2.24) is 4.90 Å². The summed E-state index contributed by atoms with van der Waals surface area (Å²) >= 11 is 0. The highest BCUT2D eigenvalue weighted by Gasteiger charge is 2.27. The van der Waals surface area contributed by atoms with Crippen LogP contribution in [-0.4, -0.2) is 49.3 Å². The van der Waals surface area contributed by atoms with Crippen LogP contribution in [0.1, 0.15) is 53.3 Å². The molecule has 124 valence electrons. The summed E-state index contributed by atoms with van der Waals surface area (Å²) in [4.78, 5) is 26.4. The minimum atomic E-state index is -0.101. The van der Waals surface area contributed by atoms with E-state index in [9.17, 15) is 9.59 Å². The third kappa shape index (κ3) is 3.55. The summed E-state index contributed by atoms with van der Waals surface area (Å²) in [5.41, 5.74) is 0.888. The lowest BCUT2D eigenvalue weighted by molar-refractivity contribution is 0.0923. The van der Waals surface area contributed by atoms with Crippen molar-refractivity contribution in [2.45, 2.75) is 32.6 Å².